The molecule has 1 aromatic carbocycles. The van der Waals surface area contributed by atoms with E-state index in [0.29, 0.717) is 22.8 Å². The van der Waals surface area contributed by atoms with Crippen LogP contribution in [0.5, 0.6) is 0 Å². The molecular weight excluding hydrogens is 378 g/mol. The lowest BCUT2D eigenvalue weighted by molar-refractivity contribution is -0.117. The van der Waals surface area contributed by atoms with Gasteiger partial charge in [-0.15, -0.1) is 0 Å². The Morgan fingerprint density at radius 1 is 1.27 bits per heavy atom. The highest BCUT2D eigenvalue weighted by Crippen LogP contribution is 2.39. The number of amides is 1. The van der Waals surface area contributed by atoms with Crippen LogP contribution in [0.3, 0.4) is 0 Å². The number of rotatable bonds is 6. The van der Waals surface area contributed by atoms with Crippen LogP contribution in [0, 0.1) is 28.6 Å². The van der Waals surface area contributed by atoms with E-state index in [2.05, 4.69) is 32.6 Å². The zero-order valence-electron chi connectivity index (χ0n) is 17.7. The number of carbonyl (C=O) groups is 1. The number of benzene rings is 1. The maximum atomic E-state index is 12.4. The molecular formula is C22H25N7O. The van der Waals surface area contributed by atoms with Gasteiger partial charge in [0.05, 0.1) is 41.4 Å². The lowest BCUT2D eigenvalue weighted by Gasteiger charge is -2.26. The normalized spacial score (nSPS) is 18.8. The van der Waals surface area contributed by atoms with Gasteiger partial charge in [-0.1, -0.05) is 19.9 Å². The fraction of sp³-hybridized carbons (Fsp3) is 0.409. The van der Waals surface area contributed by atoms with Crippen molar-refractivity contribution in [2.75, 3.05) is 25.0 Å². The van der Waals surface area contributed by atoms with Crippen LogP contribution < -0.4 is 5.32 Å². The number of nitrogens with one attached hydrogen (secondary N) is 2. The molecule has 1 aliphatic rings. The fourth-order valence-electron chi connectivity index (χ4n) is 3.85. The number of nitriles is 2. The number of nitrogens with zero attached hydrogens (tertiary/aromatic N) is 5. The predicted molar refractivity (Wildman–Crippen MR) is 116 cm³/mol. The van der Waals surface area contributed by atoms with Gasteiger partial charge in [-0.3, -0.25) is 19.8 Å². The number of fused-ring (bicyclic) bond motifs is 1. The van der Waals surface area contributed by atoms with E-state index in [1.54, 1.807) is 6.92 Å². The summed E-state index contributed by atoms with van der Waals surface area (Å²) in [6.07, 6.45) is 0. The van der Waals surface area contributed by atoms with Crippen LogP contribution in [0.4, 0.5) is 5.82 Å². The van der Waals surface area contributed by atoms with Crippen molar-refractivity contribution in [2.24, 2.45) is 10.9 Å². The number of hydrogen-bond donors (Lipinski definition) is 2. The van der Waals surface area contributed by atoms with Crippen LogP contribution in [0.15, 0.2) is 34.5 Å². The zero-order valence-corrected chi connectivity index (χ0v) is 17.7. The van der Waals surface area contributed by atoms with Crippen LogP contribution in [-0.2, 0) is 4.79 Å². The van der Waals surface area contributed by atoms with Gasteiger partial charge in [0, 0.05) is 17.0 Å². The molecule has 0 spiro atoms. The number of aromatic nitrogens is 2. The molecule has 8 heteroatoms. The number of likely N-dealkylation sites (N-methyl/N-ethyl adjacent to an activating group) is 1. The van der Waals surface area contributed by atoms with E-state index in [-0.39, 0.29) is 12.5 Å². The van der Waals surface area contributed by atoms with E-state index < -0.39 is 11.8 Å². The molecule has 2 aromatic rings. The fourth-order valence-corrected chi connectivity index (χ4v) is 3.85. The Kier molecular flexibility index (Phi) is 6.29. The third-order valence-electron chi connectivity index (χ3n) is 5.55. The summed E-state index contributed by atoms with van der Waals surface area (Å²) in [5.41, 5.74) is 3.40. The van der Waals surface area contributed by atoms with Gasteiger partial charge in [-0.05, 0) is 44.6 Å². The molecule has 0 radical (unpaired) electrons. The zero-order chi connectivity index (χ0) is 21.8. The lowest BCUT2D eigenvalue weighted by atomic mass is 9.76. The first-order chi connectivity index (χ1) is 14.4. The number of hydrogen-bond acceptors (Lipinski definition) is 6. The topological polar surface area (TPSA) is 121 Å². The SMILES string of the molecule is CCN(CC)CC(=O)Nc1n[nH]c2ccc(C3C(C#N)=C(C)N=C(C)C3C#N)cc12. The minimum absolute atomic E-state index is 0.137. The van der Waals surface area contributed by atoms with Crippen molar-refractivity contribution in [2.45, 2.75) is 33.6 Å². The number of carbonyl (C=O) groups excluding carboxylic acids is 1. The first-order valence-electron chi connectivity index (χ1n) is 9.99. The molecule has 2 heterocycles. The summed E-state index contributed by atoms with van der Waals surface area (Å²) in [5, 5.41) is 30.2. The van der Waals surface area contributed by atoms with Gasteiger partial charge >= 0.3 is 0 Å². The summed E-state index contributed by atoms with van der Waals surface area (Å²) in [6, 6.07) is 10.2. The molecule has 0 saturated heterocycles. The first kappa shape index (κ1) is 21.2. The van der Waals surface area contributed by atoms with E-state index in [4.69, 9.17) is 0 Å². The second-order valence-electron chi connectivity index (χ2n) is 7.34. The van der Waals surface area contributed by atoms with Crippen molar-refractivity contribution in [1.29, 1.82) is 10.5 Å². The first-order valence-corrected chi connectivity index (χ1v) is 9.99. The van der Waals surface area contributed by atoms with Crippen molar-refractivity contribution >= 4 is 28.3 Å². The highest BCUT2D eigenvalue weighted by Gasteiger charge is 2.34. The maximum Gasteiger partial charge on any atom is 0.239 e. The number of anilines is 1. The van der Waals surface area contributed by atoms with E-state index in [1.165, 1.54) is 0 Å². The third-order valence-corrected chi connectivity index (χ3v) is 5.55. The van der Waals surface area contributed by atoms with Crippen molar-refractivity contribution in [3.63, 3.8) is 0 Å². The summed E-state index contributed by atoms with van der Waals surface area (Å²) in [7, 11) is 0. The minimum atomic E-state index is -0.520. The van der Waals surface area contributed by atoms with Crippen LogP contribution >= 0.6 is 0 Å². The van der Waals surface area contributed by atoms with Gasteiger partial charge in [-0.2, -0.15) is 15.6 Å². The van der Waals surface area contributed by atoms with Crippen LogP contribution in [-0.4, -0.2) is 46.4 Å². The molecule has 2 atom stereocenters. The van der Waals surface area contributed by atoms with Crippen LogP contribution in [0.2, 0.25) is 0 Å². The Balaban J connectivity index is 1.98. The summed E-state index contributed by atoms with van der Waals surface area (Å²) < 4.78 is 0. The molecule has 30 heavy (non-hydrogen) atoms. The molecule has 0 bridgehead atoms. The Morgan fingerprint density at radius 3 is 2.63 bits per heavy atom. The summed E-state index contributed by atoms with van der Waals surface area (Å²) in [4.78, 5) is 18.8. The second kappa shape index (κ2) is 8.89. The minimum Gasteiger partial charge on any atom is -0.308 e. The number of aromatic amines is 1. The smallest absolute Gasteiger partial charge is 0.239 e. The number of H-pyrrole nitrogens is 1. The average Bonchev–Trinajstić information content (AvgIpc) is 3.13. The van der Waals surface area contributed by atoms with Crippen molar-refractivity contribution in [1.82, 2.24) is 15.1 Å². The largest absolute Gasteiger partial charge is 0.308 e. The van der Waals surface area contributed by atoms with Gasteiger partial charge in [0.1, 0.15) is 0 Å². The maximum absolute atomic E-state index is 12.4. The Bertz CT molecular complexity index is 1110. The lowest BCUT2D eigenvalue weighted by Crippen LogP contribution is -2.33. The molecule has 0 fully saturated rings. The van der Waals surface area contributed by atoms with E-state index in [9.17, 15) is 15.3 Å². The van der Waals surface area contributed by atoms with Crippen LogP contribution in [0.25, 0.3) is 10.9 Å². The second-order valence-corrected chi connectivity index (χ2v) is 7.34. The highest BCUT2D eigenvalue weighted by molar-refractivity contribution is 6.00. The molecule has 1 amide bonds. The molecule has 1 aromatic heterocycles. The number of aliphatic imine (C=N–C) groups is 1. The molecule has 3 rings (SSSR count). The summed E-state index contributed by atoms with van der Waals surface area (Å²) in [6.45, 7) is 9.49. The monoisotopic (exact) mass is 403 g/mol. The van der Waals surface area contributed by atoms with Gasteiger partial charge in [-0.25, -0.2) is 0 Å². The van der Waals surface area contributed by atoms with E-state index in [1.807, 2.05) is 43.9 Å². The molecule has 0 saturated carbocycles. The summed E-state index contributed by atoms with van der Waals surface area (Å²) >= 11 is 0. The molecule has 154 valence electrons. The van der Waals surface area contributed by atoms with E-state index in [0.717, 1.165) is 29.6 Å². The van der Waals surface area contributed by atoms with Gasteiger partial charge < -0.3 is 5.32 Å². The van der Waals surface area contributed by atoms with Crippen molar-refractivity contribution < 1.29 is 4.79 Å². The molecule has 8 nitrogen and oxygen atoms in total. The third kappa shape index (κ3) is 3.96. The molecule has 2 N–H and O–H groups in total. The summed E-state index contributed by atoms with van der Waals surface area (Å²) in [5.74, 6) is -0.621. The highest BCUT2D eigenvalue weighted by atomic mass is 16.2. The van der Waals surface area contributed by atoms with Crippen LogP contribution in [0.1, 0.15) is 39.2 Å². The predicted octanol–water partition coefficient (Wildman–Crippen LogP) is 3.34. The quantitative estimate of drug-likeness (QED) is 0.766. The number of allylic oxidation sites excluding steroid dienone is 2. The van der Waals surface area contributed by atoms with Gasteiger partial charge in [0.2, 0.25) is 5.91 Å². The van der Waals surface area contributed by atoms with Gasteiger partial charge in [0.15, 0.2) is 5.82 Å². The molecule has 0 aliphatic carbocycles. The Labute approximate surface area is 175 Å². The molecule has 2 unspecified atom stereocenters. The van der Waals surface area contributed by atoms with Gasteiger partial charge in [0.25, 0.3) is 0 Å². The van der Waals surface area contributed by atoms with Crippen molar-refractivity contribution in [3.8, 4) is 12.1 Å². The standard InChI is InChI=1S/C22H25N7O/c1-5-29(6-2)12-20(30)26-22-16-9-15(7-8-19(16)27-28-22)21-17(10-23)13(3)25-14(4)18(21)11-24/h7-9,17,21H,5-6,12H2,1-4H3,(H2,26,27,28,30). The van der Waals surface area contributed by atoms with Crippen molar-refractivity contribution in [3.05, 3.63) is 35.0 Å². The van der Waals surface area contributed by atoms with E-state index >= 15 is 0 Å². The molecule has 1 aliphatic heterocycles. The Morgan fingerprint density at radius 2 is 2.00 bits per heavy atom. The Hall–Kier alpha value is -3.49. The average molecular weight is 403 g/mol.